The van der Waals surface area contributed by atoms with Gasteiger partial charge in [0.2, 0.25) is 0 Å². The Labute approximate surface area is 132 Å². The van der Waals surface area contributed by atoms with Gasteiger partial charge in [-0.2, -0.15) is 0 Å². The van der Waals surface area contributed by atoms with Crippen LogP contribution in [0.15, 0.2) is 0 Å². The molecule has 0 aliphatic carbocycles. The molecule has 2 amide bonds. The number of piperidine rings is 1. The van der Waals surface area contributed by atoms with Gasteiger partial charge in [0.1, 0.15) is 0 Å². The molecule has 0 saturated carbocycles. The van der Waals surface area contributed by atoms with Crippen LogP contribution in [0.4, 0.5) is 0 Å². The Morgan fingerprint density at radius 1 is 1.05 bits per heavy atom. The van der Waals surface area contributed by atoms with Crippen molar-refractivity contribution in [2.75, 3.05) is 39.4 Å². The molecule has 2 heterocycles. The largest absolute Gasteiger partial charge is 0.381 e. The first-order valence-electron chi connectivity index (χ1n) is 8.58. The van der Waals surface area contributed by atoms with E-state index >= 15 is 0 Å². The molecule has 22 heavy (non-hydrogen) atoms. The summed E-state index contributed by atoms with van der Waals surface area (Å²) in [5.74, 6) is -0.527. The molecule has 0 unspecified atom stereocenters. The summed E-state index contributed by atoms with van der Waals surface area (Å²) < 4.78 is 5.41. The maximum absolute atomic E-state index is 11.7. The second kappa shape index (κ2) is 9.10. The van der Waals surface area contributed by atoms with Gasteiger partial charge in [-0.15, -0.1) is 0 Å². The zero-order valence-corrected chi connectivity index (χ0v) is 13.6. The van der Waals surface area contributed by atoms with Crippen molar-refractivity contribution in [2.45, 2.75) is 45.1 Å². The van der Waals surface area contributed by atoms with Gasteiger partial charge < -0.3 is 20.3 Å². The Hall–Kier alpha value is -1.14. The highest BCUT2D eigenvalue weighted by atomic mass is 16.5. The van der Waals surface area contributed by atoms with E-state index < -0.39 is 11.8 Å². The SMILES string of the molecule is CCCNC(=O)C(=O)NCC1CCN(C2CCOCC2)CC1. The van der Waals surface area contributed by atoms with Gasteiger partial charge in [0.15, 0.2) is 0 Å². The predicted molar refractivity (Wildman–Crippen MR) is 84.4 cm³/mol. The summed E-state index contributed by atoms with van der Waals surface area (Å²) in [6.45, 7) is 7.07. The first-order valence-corrected chi connectivity index (χ1v) is 8.58. The molecule has 0 aromatic rings. The van der Waals surface area contributed by atoms with Gasteiger partial charge in [-0.05, 0) is 51.1 Å². The quantitative estimate of drug-likeness (QED) is 0.726. The number of nitrogens with zero attached hydrogens (tertiary/aromatic N) is 1. The van der Waals surface area contributed by atoms with E-state index in [9.17, 15) is 9.59 Å². The topological polar surface area (TPSA) is 70.7 Å². The Kier molecular flexibility index (Phi) is 7.12. The van der Waals surface area contributed by atoms with Crippen LogP contribution in [-0.2, 0) is 14.3 Å². The van der Waals surface area contributed by atoms with E-state index in [2.05, 4.69) is 15.5 Å². The van der Waals surface area contributed by atoms with Gasteiger partial charge in [0.25, 0.3) is 0 Å². The number of hydrogen-bond donors (Lipinski definition) is 2. The Balaban J connectivity index is 1.62. The van der Waals surface area contributed by atoms with Gasteiger partial charge in [-0.25, -0.2) is 0 Å². The van der Waals surface area contributed by atoms with Crippen molar-refractivity contribution in [1.82, 2.24) is 15.5 Å². The second-order valence-corrected chi connectivity index (χ2v) is 6.29. The molecule has 0 bridgehead atoms. The van der Waals surface area contributed by atoms with Crippen LogP contribution >= 0.6 is 0 Å². The van der Waals surface area contributed by atoms with Crippen molar-refractivity contribution in [3.63, 3.8) is 0 Å². The fraction of sp³-hybridized carbons (Fsp3) is 0.875. The summed E-state index contributed by atoms with van der Waals surface area (Å²) in [7, 11) is 0. The van der Waals surface area contributed by atoms with E-state index in [0.717, 1.165) is 58.4 Å². The van der Waals surface area contributed by atoms with E-state index in [1.165, 1.54) is 0 Å². The molecule has 0 radical (unpaired) electrons. The molecular formula is C16H29N3O3. The smallest absolute Gasteiger partial charge is 0.309 e. The third-order valence-electron chi connectivity index (χ3n) is 4.65. The molecule has 126 valence electrons. The normalized spacial score (nSPS) is 21.5. The molecule has 2 saturated heterocycles. The molecular weight excluding hydrogens is 282 g/mol. The Morgan fingerprint density at radius 2 is 1.68 bits per heavy atom. The fourth-order valence-electron chi connectivity index (χ4n) is 3.21. The Bertz CT molecular complexity index is 362. The lowest BCUT2D eigenvalue weighted by Crippen LogP contribution is -2.47. The van der Waals surface area contributed by atoms with E-state index in [-0.39, 0.29) is 0 Å². The number of likely N-dealkylation sites (tertiary alicyclic amines) is 1. The lowest BCUT2D eigenvalue weighted by Gasteiger charge is -2.39. The summed E-state index contributed by atoms with van der Waals surface area (Å²) in [4.78, 5) is 25.7. The van der Waals surface area contributed by atoms with Crippen LogP contribution in [-0.4, -0.2) is 62.1 Å². The van der Waals surface area contributed by atoms with Crippen LogP contribution in [0, 0.1) is 5.92 Å². The number of carbonyl (C=O) groups excluding carboxylic acids is 2. The number of rotatable bonds is 5. The third-order valence-corrected chi connectivity index (χ3v) is 4.65. The van der Waals surface area contributed by atoms with Crippen LogP contribution in [0.3, 0.4) is 0 Å². The van der Waals surface area contributed by atoms with Crippen LogP contribution in [0.5, 0.6) is 0 Å². The minimum atomic E-state index is -0.513. The van der Waals surface area contributed by atoms with Crippen molar-refractivity contribution in [3.05, 3.63) is 0 Å². The van der Waals surface area contributed by atoms with Crippen LogP contribution in [0.2, 0.25) is 0 Å². The lowest BCUT2D eigenvalue weighted by molar-refractivity contribution is -0.139. The molecule has 2 rings (SSSR count). The highest BCUT2D eigenvalue weighted by Gasteiger charge is 2.26. The van der Waals surface area contributed by atoms with Gasteiger partial charge in [-0.1, -0.05) is 6.92 Å². The number of carbonyl (C=O) groups is 2. The molecule has 6 heteroatoms. The monoisotopic (exact) mass is 311 g/mol. The molecule has 2 fully saturated rings. The lowest BCUT2D eigenvalue weighted by atomic mass is 9.94. The summed E-state index contributed by atoms with van der Waals surface area (Å²) >= 11 is 0. The summed E-state index contributed by atoms with van der Waals surface area (Å²) in [5, 5.41) is 5.36. The van der Waals surface area contributed by atoms with Gasteiger partial charge in [0, 0.05) is 32.3 Å². The fourth-order valence-corrected chi connectivity index (χ4v) is 3.21. The summed E-state index contributed by atoms with van der Waals surface area (Å²) in [6.07, 6.45) is 5.30. The van der Waals surface area contributed by atoms with Gasteiger partial charge in [0.05, 0.1) is 0 Å². The van der Waals surface area contributed by atoms with Crippen molar-refractivity contribution in [1.29, 1.82) is 0 Å². The van der Waals surface area contributed by atoms with Crippen LogP contribution in [0.25, 0.3) is 0 Å². The standard InChI is InChI=1S/C16H29N3O3/c1-2-7-17-15(20)16(21)18-12-13-3-8-19(9-4-13)14-5-10-22-11-6-14/h13-14H,2-12H2,1H3,(H,17,20)(H,18,21). The second-order valence-electron chi connectivity index (χ2n) is 6.29. The Morgan fingerprint density at radius 3 is 2.32 bits per heavy atom. The average molecular weight is 311 g/mol. The van der Waals surface area contributed by atoms with Crippen LogP contribution < -0.4 is 10.6 Å². The maximum Gasteiger partial charge on any atom is 0.309 e. The minimum absolute atomic E-state index is 0.485. The van der Waals surface area contributed by atoms with E-state index in [1.54, 1.807) is 0 Å². The molecule has 0 aromatic carbocycles. The zero-order valence-electron chi connectivity index (χ0n) is 13.6. The van der Waals surface area contributed by atoms with Crippen LogP contribution in [0.1, 0.15) is 39.0 Å². The van der Waals surface area contributed by atoms with Crippen molar-refractivity contribution >= 4 is 11.8 Å². The molecule has 6 nitrogen and oxygen atoms in total. The summed E-state index contributed by atoms with van der Waals surface area (Å²) in [5.41, 5.74) is 0. The van der Waals surface area contributed by atoms with Gasteiger partial charge >= 0.3 is 11.8 Å². The van der Waals surface area contributed by atoms with Crippen molar-refractivity contribution in [2.24, 2.45) is 5.92 Å². The first-order chi connectivity index (χ1) is 10.7. The molecule has 0 aromatic heterocycles. The number of hydrogen-bond acceptors (Lipinski definition) is 4. The molecule has 0 spiro atoms. The maximum atomic E-state index is 11.7. The van der Waals surface area contributed by atoms with Gasteiger partial charge in [-0.3, -0.25) is 9.59 Å². The predicted octanol–water partition coefficient (Wildman–Crippen LogP) is 0.520. The molecule has 2 aliphatic rings. The number of amides is 2. The van der Waals surface area contributed by atoms with Crippen molar-refractivity contribution in [3.8, 4) is 0 Å². The first kappa shape index (κ1) is 17.2. The van der Waals surface area contributed by atoms with E-state index in [4.69, 9.17) is 4.74 Å². The highest BCUT2D eigenvalue weighted by Crippen LogP contribution is 2.22. The highest BCUT2D eigenvalue weighted by molar-refractivity contribution is 6.35. The van der Waals surface area contributed by atoms with E-state index in [1.807, 2.05) is 6.92 Å². The van der Waals surface area contributed by atoms with Crippen molar-refractivity contribution < 1.29 is 14.3 Å². The molecule has 2 aliphatic heterocycles. The molecule has 2 N–H and O–H groups in total. The molecule has 0 atom stereocenters. The van der Waals surface area contributed by atoms with E-state index in [0.29, 0.717) is 25.0 Å². The average Bonchev–Trinajstić information content (AvgIpc) is 2.58. The summed E-state index contributed by atoms with van der Waals surface area (Å²) in [6, 6.07) is 0.670. The third kappa shape index (κ3) is 5.25. The number of ether oxygens (including phenoxy) is 1. The minimum Gasteiger partial charge on any atom is -0.381 e. The zero-order chi connectivity index (χ0) is 15.8. The number of nitrogens with one attached hydrogen (secondary N) is 2.